The number of aliphatic hydroxyl groups is 1. The molecule has 0 rings (SSSR count). The zero-order valence-corrected chi connectivity index (χ0v) is 11.8. The first-order valence-corrected chi connectivity index (χ1v) is 6.62. The molecular weight excluding hydrogens is 218 g/mol. The third-order valence-electron chi connectivity index (χ3n) is 2.42. The topological polar surface area (TPSA) is 50.7 Å². The maximum atomic E-state index is 9.65. The molecule has 0 amide bonds. The van der Waals surface area contributed by atoms with E-state index >= 15 is 0 Å². The molecule has 0 aliphatic heterocycles. The molecule has 2 N–H and O–H groups in total. The van der Waals surface area contributed by atoms with Crippen molar-refractivity contribution in [3.8, 4) is 0 Å². The van der Waals surface area contributed by atoms with Crippen LogP contribution in [0.5, 0.6) is 0 Å². The maximum absolute atomic E-state index is 9.65. The summed E-state index contributed by atoms with van der Waals surface area (Å²) in [5, 5.41) is 12.8. The van der Waals surface area contributed by atoms with Crippen molar-refractivity contribution in [3.63, 3.8) is 0 Å². The standard InChI is InChI=1S/C13H29NO3/c1-5-7-8-16-10-12(15)9-14-11-13(3,4)17-6-2/h12,14-15H,5-11H2,1-4H3. The van der Waals surface area contributed by atoms with Crippen LogP contribution in [-0.4, -0.2) is 49.7 Å². The van der Waals surface area contributed by atoms with E-state index in [2.05, 4.69) is 12.2 Å². The minimum absolute atomic E-state index is 0.183. The Morgan fingerprint density at radius 3 is 2.59 bits per heavy atom. The van der Waals surface area contributed by atoms with Gasteiger partial charge < -0.3 is 19.9 Å². The number of hydrogen-bond donors (Lipinski definition) is 2. The van der Waals surface area contributed by atoms with Crippen LogP contribution in [0.4, 0.5) is 0 Å². The van der Waals surface area contributed by atoms with Crippen molar-refractivity contribution in [1.29, 1.82) is 0 Å². The third kappa shape index (κ3) is 10.7. The molecule has 0 aliphatic carbocycles. The average Bonchev–Trinajstić information content (AvgIpc) is 2.24. The zero-order valence-electron chi connectivity index (χ0n) is 11.8. The van der Waals surface area contributed by atoms with Gasteiger partial charge in [0.15, 0.2) is 0 Å². The lowest BCUT2D eigenvalue weighted by Crippen LogP contribution is -2.41. The molecule has 0 radical (unpaired) electrons. The second-order valence-corrected chi connectivity index (χ2v) is 4.91. The van der Waals surface area contributed by atoms with E-state index in [1.165, 1.54) is 0 Å². The molecule has 1 atom stereocenters. The van der Waals surface area contributed by atoms with E-state index < -0.39 is 6.10 Å². The predicted molar refractivity (Wildman–Crippen MR) is 70.3 cm³/mol. The molecule has 0 aromatic carbocycles. The van der Waals surface area contributed by atoms with Gasteiger partial charge in [-0.15, -0.1) is 0 Å². The van der Waals surface area contributed by atoms with E-state index in [0.717, 1.165) is 26.0 Å². The van der Waals surface area contributed by atoms with Crippen molar-refractivity contribution in [2.24, 2.45) is 0 Å². The Hall–Kier alpha value is -0.160. The Morgan fingerprint density at radius 2 is 2.00 bits per heavy atom. The predicted octanol–water partition coefficient (Wildman–Crippen LogP) is 1.57. The average molecular weight is 247 g/mol. The van der Waals surface area contributed by atoms with E-state index in [1.54, 1.807) is 0 Å². The lowest BCUT2D eigenvalue weighted by Gasteiger charge is -2.25. The molecule has 0 heterocycles. The number of ether oxygens (including phenoxy) is 2. The highest BCUT2D eigenvalue weighted by atomic mass is 16.5. The van der Waals surface area contributed by atoms with Crippen molar-refractivity contribution in [2.75, 3.05) is 32.9 Å². The summed E-state index contributed by atoms with van der Waals surface area (Å²) in [6, 6.07) is 0. The second kappa shape index (κ2) is 9.83. The van der Waals surface area contributed by atoms with Gasteiger partial charge in [0.05, 0.1) is 18.3 Å². The van der Waals surface area contributed by atoms with Crippen LogP contribution in [0.3, 0.4) is 0 Å². The lowest BCUT2D eigenvalue weighted by molar-refractivity contribution is -0.0135. The van der Waals surface area contributed by atoms with Crippen LogP contribution >= 0.6 is 0 Å². The van der Waals surface area contributed by atoms with E-state index in [9.17, 15) is 5.11 Å². The van der Waals surface area contributed by atoms with Gasteiger partial charge in [-0.1, -0.05) is 13.3 Å². The smallest absolute Gasteiger partial charge is 0.0897 e. The molecule has 0 saturated carbocycles. The fourth-order valence-corrected chi connectivity index (χ4v) is 1.51. The highest BCUT2D eigenvalue weighted by molar-refractivity contribution is 4.72. The fraction of sp³-hybridized carbons (Fsp3) is 1.00. The molecule has 0 aromatic rings. The number of nitrogens with one attached hydrogen (secondary N) is 1. The molecular formula is C13H29NO3. The van der Waals surface area contributed by atoms with Gasteiger partial charge in [0.1, 0.15) is 0 Å². The van der Waals surface area contributed by atoms with Crippen molar-refractivity contribution in [2.45, 2.75) is 52.2 Å². The molecule has 0 bridgehead atoms. The number of unbranched alkanes of at least 4 members (excludes halogenated alkanes) is 1. The quantitative estimate of drug-likeness (QED) is 0.544. The Morgan fingerprint density at radius 1 is 1.29 bits per heavy atom. The van der Waals surface area contributed by atoms with Crippen LogP contribution in [0.1, 0.15) is 40.5 Å². The Bertz CT molecular complexity index is 174. The SMILES string of the molecule is CCCCOCC(O)CNCC(C)(C)OCC. The minimum Gasteiger partial charge on any atom is -0.389 e. The van der Waals surface area contributed by atoms with Crippen LogP contribution in [0.25, 0.3) is 0 Å². The minimum atomic E-state index is -0.440. The monoisotopic (exact) mass is 247 g/mol. The van der Waals surface area contributed by atoms with Crippen LogP contribution in [0, 0.1) is 0 Å². The summed E-state index contributed by atoms with van der Waals surface area (Å²) in [6.45, 7) is 11.3. The molecule has 0 fully saturated rings. The molecule has 0 spiro atoms. The molecule has 0 aliphatic rings. The summed E-state index contributed by atoms with van der Waals surface area (Å²) in [7, 11) is 0. The Balaban J connectivity index is 3.46. The second-order valence-electron chi connectivity index (χ2n) is 4.91. The first kappa shape index (κ1) is 16.8. The van der Waals surface area contributed by atoms with Crippen LogP contribution in [0.2, 0.25) is 0 Å². The van der Waals surface area contributed by atoms with Gasteiger partial charge in [0, 0.05) is 26.3 Å². The van der Waals surface area contributed by atoms with E-state index in [4.69, 9.17) is 9.47 Å². The molecule has 17 heavy (non-hydrogen) atoms. The maximum Gasteiger partial charge on any atom is 0.0897 e. The molecule has 4 heteroatoms. The Labute approximate surface area is 106 Å². The highest BCUT2D eigenvalue weighted by Gasteiger charge is 2.17. The first-order chi connectivity index (χ1) is 8.02. The number of aliphatic hydroxyl groups excluding tert-OH is 1. The van der Waals surface area contributed by atoms with E-state index in [1.807, 2.05) is 20.8 Å². The molecule has 4 nitrogen and oxygen atoms in total. The summed E-state index contributed by atoms with van der Waals surface area (Å²) >= 11 is 0. The van der Waals surface area contributed by atoms with Gasteiger partial charge in [0.25, 0.3) is 0 Å². The summed E-state index contributed by atoms with van der Waals surface area (Å²) in [6.07, 6.45) is 1.73. The summed E-state index contributed by atoms with van der Waals surface area (Å²) < 4.78 is 10.9. The zero-order chi connectivity index (χ0) is 13.1. The van der Waals surface area contributed by atoms with Gasteiger partial charge in [-0.05, 0) is 27.2 Å². The van der Waals surface area contributed by atoms with Gasteiger partial charge in [0.2, 0.25) is 0 Å². The summed E-state index contributed by atoms with van der Waals surface area (Å²) in [5.41, 5.74) is -0.183. The van der Waals surface area contributed by atoms with E-state index in [0.29, 0.717) is 19.8 Å². The van der Waals surface area contributed by atoms with Gasteiger partial charge in [-0.25, -0.2) is 0 Å². The van der Waals surface area contributed by atoms with Crippen molar-refractivity contribution >= 4 is 0 Å². The fourth-order valence-electron chi connectivity index (χ4n) is 1.51. The molecule has 0 saturated heterocycles. The van der Waals surface area contributed by atoms with Crippen molar-refractivity contribution < 1.29 is 14.6 Å². The molecule has 1 unspecified atom stereocenters. The number of hydrogen-bond acceptors (Lipinski definition) is 4. The van der Waals surface area contributed by atoms with Crippen molar-refractivity contribution in [3.05, 3.63) is 0 Å². The van der Waals surface area contributed by atoms with Crippen molar-refractivity contribution in [1.82, 2.24) is 5.32 Å². The van der Waals surface area contributed by atoms with E-state index in [-0.39, 0.29) is 5.60 Å². The molecule has 0 aromatic heterocycles. The third-order valence-corrected chi connectivity index (χ3v) is 2.42. The van der Waals surface area contributed by atoms with Crippen LogP contribution in [-0.2, 0) is 9.47 Å². The first-order valence-electron chi connectivity index (χ1n) is 6.62. The van der Waals surface area contributed by atoms with Gasteiger partial charge >= 0.3 is 0 Å². The summed E-state index contributed by atoms with van der Waals surface area (Å²) in [4.78, 5) is 0. The largest absolute Gasteiger partial charge is 0.389 e. The number of rotatable bonds is 11. The van der Waals surface area contributed by atoms with Crippen LogP contribution < -0.4 is 5.32 Å². The van der Waals surface area contributed by atoms with Gasteiger partial charge in [-0.3, -0.25) is 0 Å². The normalized spacial score (nSPS) is 13.9. The lowest BCUT2D eigenvalue weighted by atomic mass is 10.1. The highest BCUT2D eigenvalue weighted by Crippen LogP contribution is 2.06. The molecule has 104 valence electrons. The summed E-state index contributed by atoms with van der Waals surface area (Å²) in [5.74, 6) is 0. The van der Waals surface area contributed by atoms with Crippen LogP contribution in [0.15, 0.2) is 0 Å². The van der Waals surface area contributed by atoms with Gasteiger partial charge in [-0.2, -0.15) is 0 Å². The Kier molecular flexibility index (Phi) is 9.74.